The van der Waals surface area contributed by atoms with Crippen LogP contribution in [-0.4, -0.2) is 22.8 Å². The van der Waals surface area contributed by atoms with Gasteiger partial charge in [0, 0.05) is 10.6 Å². The van der Waals surface area contributed by atoms with E-state index in [1.54, 1.807) is 67.6 Å². The summed E-state index contributed by atoms with van der Waals surface area (Å²) in [6.07, 6.45) is 1.71. The lowest BCUT2D eigenvalue weighted by Gasteiger charge is -1.99. The van der Waals surface area contributed by atoms with E-state index in [1.807, 2.05) is 0 Å². The number of esters is 1. The van der Waals surface area contributed by atoms with Crippen molar-refractivity contribution in [3.05, 3.63) is 103 Å². The molecule has 0 aliphatic carbocycles. The molecule has 2 aromatic heterocycles. The molecule has 0 saturated carbocycles. The molecule has 4 rings (SSSR count). The maximum absolute atomic E-state index is 13.2. The number of carbonyl (C=O) groups excluding carboxylic acids is 2. The fraction of sp³-hybridized carbons (Fsp3) is 0.0870. The zero-order valence-electron chi connectivity index (χ0n) is 15.9. The lowest BCUT2D eigenvalue weighted by molar-refractivity contribution is 0.0529. The predicted octanol–water partition coefficient (Wildman–Crippen LogP) is 3.97. The molecule has 0 atom stereocenters. The lowest BCUT2D eigenvalue weighted by atomic mass is 10.1. The topological polar surface area (TPSA) is 64.8 Å². The molecule has 0 unspecified atom stereocenters. The molecule has 0 fully saturated rings. The number of thiazole rings is 1. The zero-order valence-corrected chi connectivity index (χ0v) is 17.5. The van der Waals surface area contributed by atoms with Crippen LogP contribution < -0.4 is 10.1 Å². The average molecular weight is 438 g/mol. The summed E-state index contributed by atoms with van der Waals surface area (Å²) < 4.78 is 6.83. The van der Waals surface area contributed by atoms with Crippen molar-refractivity contribution in [2.45, 2.75) is 6.92 Å². The van der Waals surface area contributed by atoms with Gasteiger partial charge >= 0.3 is 5.97 Å². The van der Waals surface area contributed by atoms with E-state index in [2.05, 4.69) is 0 Å². The van der Waals surface area contributed by atoms with E-state index in [0.29, 0.717) is 19.9 Å². The Balaban J connectivity index is 1.95. The molecule has 7 heteroatoms. The van der Waals surface area contributed by atoms with E-state index in [0.717, 1.165) is 16.9 Å². The molecule has 0 aliphatic heterocycles. The Bertz CT molecular complexity index is 1350. The van der Waals surface area contributed by atoms with E-state index < -0.39 is 5.97 Å². The largest absolute Gasteiger partial charge is 0.462 e. The molecule has 0 amide bonds. The molecule has 0 spiro atoms. The molecule has 30 heavy (non-hydrogen) atoms. The van der Waals surface area contributed by atoms with E-state index in [4.69, 9.17) is 16.3 Å². The molecule has 0 radical (unpaired) electrons. The van der Waals surface area contributed by atoms with Gasteiger partial charge in [-0.3, -0.25) is 14.0 Å². The number of aromatic nitrogens is 1. The Labute approximate surface area is 180 Å². The maximum Gasteiger partial charge on any atom is 0.341 e. The predicted molar refractivity (Wildman–Crippen MR) is 118 cm³/mol. The first-order chi connectivity index (χ1) is 14.5. The molecular formula is C23H16ClNO4S. The van der Waals surface area contributed by atoms with Gasteiger partial charge in [-0.05, 0) is 36.8 Å². The van der Waals surface area contributed by atoms with Crippen molar-refractivity contribution in [1.29, 1.82) is 0 Å². The molecular weight excluding hydrogens is 422 g/mol. The summed E-state index contributed by atoms with van der Waals surface area (Å²) in [6, 6.07) is 17.1. The van der Waals surface area contributed by atoms with Crippen molar-refractivity contribution in [3.63, 3.8) is 0 Å². The number of rotatable bonds is 5. The molecule has 0 aliphatic rings. The first-order valence-electron chi connectivity index (χ1n) is 9.22. The van der Waals surface area contributed by atoms with Crippen LogP contribution in [0.5, 0.6) is 0 Å². The molecule has 2 aromatic carbocycles. The van der Waals surface area contributed by atoms with Crippen molar-refractivity contribution >= 4 is 45.6 Å². The van der Waals surface area contributed by atoms with Crippen LogP contribution in [0.3, 0.4) is 0 Å². The van der Waals surface area contributed by atoms with Gasteiger partial charge in [-0.25, -0.2) is 4.79 Å². The molecule has 0 N–H and O–H groups in total. The van der Waals surface area contributed by atoms with Gasteiger partial charge < -0.3 is 4.74 Å². The zero-order chi connectivity index (χ0) is 21.3. The fourth-order valence-corrected chi connectivity index (χ4v) is 4.35. The number of hydrogen-bond donors (Lipinski definition) is 0. The van der Waals surface area contributed by atoms with Crippen LogP contribution in [0.15, 0.2) is 65.5 Å². The molecule has 4 aromatic rings. The second kappa shape index (κ2) is 8.26. The van der Waals surface area contributed by atoms with Gasteiger partial charge in [-0.15, -0.1) is 11.3 Å². The second-order valence-electron chi connectivity index (χ2n) is 6.47. The summed E-state index contributed by atoms with van der Waals surface area (Å²) in [5.74, 6) is -0.907. The quantitative estimate of drug-likeness (QED) is 0.350. The summed E-state index contributed by atoms with van der Waals surface area (Å²) in [5, 5.41) is 0.592. The Morgan fingerprint density at radius 2 is 1.80 bits per heavy atom. The third kappa shape index (κ3) is 3.67. The first-order valence-corrected chi connectivity index (χ1v) is 10.4. The Kier molecular flexibility index (Phi) is 5.53. The number of benzene rings is 2. The SMILES string of the molecule is CCOC(=O)c1cc(C(=O)c2ccccc2)n2c(=O)/c(=C/c3ccc(Cl)cc3)sc12. The lowest BCUT2D eigenvalue weighted by Crippen LogP contribution is -2.25. The van der Waals surface area contributed by atoms with Crippen molar-refractivity contribution in [1.82, 2.24) is 4.40 Å². The number of ether oxygens (including phenoxy) is 1. The van der Waals surface area contributed by atoms with E-state index in [9.17, 15) is 14.4 Å². The summed E-state index contributed by atoms with van der Waals surface area (Å²) in [6.45, 7) is 1.89. The highest BCUT2D eigenvalue weighted by Gasteiger charge is 2.24. The van der Waals surface area contributed by atoms with Crippen LogP contribution in [0.2, 0.25) is 5.02 Å². The summed E-state index contributed by atoms with van der Waals surface area (Å²) in [4.78, 5) is 39.1. The van der Waals surface area contributed by atoms with E-state index >= 15 is 0 Å². The van der Waals surface area contributed by atoms with Crippen LogP contribution in [0.25, 0.3) is 10.9 Å². The Hall–Kier alpha value is -3.22. The van der Waals surface area contributed by atoms with E-state index in [1.165, 1.54) is 10.5 Å². The highest BCUT2D eigenvalue weighted by molar-refractivity contribution is 7.15. The number of hydrogen-bond acceptors (Lipinski definition) is 5. The monoisotopic (exact) mass is 437 g/mol. The number of halogens is 1. The number of nitrogens with zero attached hydrogens (tertiary/aromatic N) is 1. The minimum Gasteiger partial charge on any atom is -0.462 e. The van der Waals surface area contributed by atoms with E-state index in [-0.39, 0.29) is 29.2 Å². The minimum atomic E-state index is -0.568. The van der Waals surface area contributed by atoms with Crippen molar-refractivity contribution < 1.29 is 14.3 Å². The Morgan fingerprint density at radius 1 is 1.10 bits per heavy atom. The van der Waals surface area contributed by atoms with Crippen LogP contribution in [-0.2, 0) is 4.74 Å². The van der Waals surface area contributed by atoms with Crippen LogP contribution in [0.1, 0.15) is 38.9 Å². The number of ketones is 1. The number of fused-ring (bicyclic) bond motifs is 1. The van der Waals surface area contributed by atoms with Crippen molar-refractivity contribution in [2.24, 2.45) is 0 Å². The molecule has 0 saturated heterocycles. The molecule has 2 heterocycles. The maximum atomic E-state index is 13.2. The normalized spacial score (nSPS) is 11.7. The molecule has 5 nitrogen and oxygen atoms in total. The molecule has 0 bridgehead atoms. The van der Waals surface area contributed by atoms with Crippen molar-refractivity contribution in [2.75, 3.05) is 6.61 Å². The number of carbonyl (C=O) groups is 2. The van der Waals surface area contributed by atoms with Gasteiger partial charge in [-0.1, -0.05) is 54.1 Å². The third-order valence-electron chi connectivity index (χ3n) is 4.51. The smallest absolute Gasteiger partial charge is 0.341 e. The van der Waals surface area contributed by atoms with Gasteiger partial charge in [0.2, 0.25) is 5.78 Å². The highest BCUT2D eigenvalue weighted by Crippen LogP contribution is 2.22. The standard InChI is InChI=1S/C23H16ClNO4S/c1-2-29-23(28)17-13-18(20(26)15-6-4-3-5-7-15)25-21(27)19(30-22(17)25)12-14-8-10-16(24)11-9-14/h3-13H,2H2,1H3/b19-12-. The Morgan fingerprint density at radius 3 is 2.47 bits per heavy atom. The van der Waals surface area contributed by atoms with Gasteiger partial charge in [-0.2, -0.15) is 0 Å². The summed E-state index contributed by atoms with van der Waals surface area (Å²) in [7, 11) is 0. The van der Waals surface area contributed by atoms with Crippen LogP contribution in [0.4, 0.5) is 0 Å². The second-order valence-corrected chi connectivity index (χ2v) is 7.93. The fourth-order valence-electron chi connectivity index (χ4n) is 3.11. The summed E-state index contributed by atoms with van der Waals surface area (Å²) >= 11 is 7.07. The minimum absolute atomic E-state index is 0.135. The van der Waals surface area contributed by atoms with Gasteiger partial charge in [0.15, 0.2) is 0 Å². The molecule has 150 valence electrons. The summed E-state index contributed by atoms with van der Waals surface area (Å²) in [5.41, 5.74) is 1.20. The van der Waals surface area contributed by atoms with Gasteiger partial charge in [0.05, 0.1) is 22.4 Å². The average Bonchev–Trinajstić information content (AvgIpc) is 3.28. The third-order valence-corrected chi connectivity index (χ3v) is 5.87. The highest BCUT2D eigenvalue weighted by atomic mass is 35.5. The van der Waals surface area contributed by atoms with Gasteiger partial charge in [0.25, 0.3) is 5.56 Å². The van der Waals surface area contributed by atoms with Crippen LogP contribution >= 0.6 is 22.9 Å². The van der Waals surface area contributed by atoms with Crippen molar-refractivity contribution in [3.8, 4) is 0 Å². The van der Waals surface area contributed by atoms with Crippen LogP contribution in [0, 0.1) is 0 Å². The first kappa shape index (κ1) is 20.1. The van der Waals surface area contributed by atoms with Gasteiger partial charge in [0.1, 0.15) is 4.83 Å².